The number of hydrogen-bond acceptors (Lipinski definition) is 7. The summed E-state index contributed by atoms with van der Waals surface area (Å²) in [6.07, 6.45) is -6.31. The van der Waals surface area contributed by atoms with E-state index in [0.717, 1.165) is 0 Å². The van der Waals surface area contributed by atoms with Gasteiger partial charge >= 0.3 is 24.1 Å². The zero-order valence-electron chi connectivity index (χ0n) is 18.5. The average Bonchev–Trinajstić information content (AvgIpc) is 3.08. The summed E-state index contributed by atoms with van der Waals surface area (Å²) in [5.41, 5.74) is 1.30. The van der Waals surface area contributed by atoms with Crippen LogP contribution >= 0.6 is 0 Å². The number of nitrogens with zero attached hydrogens (tertiary/aromatic N) is 4. The van der Waals surface area contributed by atoms with Gasteiger partial charge in [-0.1, -0.05) is 6.07 Å². The van der Waals surface area contributed by atoms with E-state index in [1.165, 1.54) is 9.80 Å². The van der Waals surface area contributed by atoms with E-state index in [1.807, 2.05) is 0 Å². The minimum Gasteiger partial charge on any atom is -0.385 e. The van der Waals surface area contributed by atoms with Gasteiger partial charge in [0.1, 0.15) is 6.17 Å². The van der Waals surface area contributed by atoms with Crippen LogP contribution in [0, 0.1) is 0 Å². The lowest BCUT2D eigenvalue weighted by Crippen LogP contribution is -2.49. The Balaban J connectivity index is 1.44. The standard InChI is InChI=1S/C21H21F4N5O5/c1-28-15-8-11(2-3-13(15)18(27-28)30-7-5-16(31)26-20(30)34)12-4-6-29(9-14(12)22)10-17(32)35-19(33)21(23,24)25/h2-3,8,12,14H,4-7,9-10H2,1H3,(H,26,31,34). The summed E-state index contributed by atoms with van der Waals surface area (Å²) in [6, 6.07) is 4.61. The van der Waals surface area contributed by atoms with Gasteiger partial charge < -0.3 is 4.74 Å². The molecular formula is C21H21F4N5O5. The fourth-order valence-electron chi connectivity index (χ4n) is 4.31. The molecule has 0 aliphatic carbocycles. The number of benzene rings is 1. The van der Waals surface area contributed by atoms with E-state index in [-0.39, 0.29) is 38.4 Å². The van der Waals surface area contributed by atoms with Crippen molar-refractivity contribution in [2.75, 3.05) is 31.1 Å². The van der Waals surface area contributed by atoms with Gasteiger partial charge in [0.15, 0.2) is 5.82 Å². The Labute approximate surface area is 195 Å². The first kappa shape index (κ1) is 24.6. The molecule has 1 N–H and O–H groups in total. The summed E-state index contributed by atoms with van der Waals surface area (Å²) in [5, 5.41) is 7.28. The third-order valence-corrected chi connectivity index (χ3v) is 6.01. The minimum atomic E-state index is -5.29. The number of anilines is 1. The molecule has 2 atom stereocenters. The number of nitrogens with one attached hydrogen (secondary N) is 1. The van der Waals surface area contributed by atoms with Crippen LogP contribution in [0.3, 0.4) is 0 Å². The molecule has 0 radical (unpaired) electrons. The number of aryl methyl sites for hydroxylation is 1. The van der Waals surface area contributed by atoms with E-state index in [2.05, 4.69) is 15.2 Å². The van der Waals surface area contributed by atoms with Crippen molar-refractivity contribution in [2.24, 2.45) is 7.05 Å². The highest BCUT2D eigenvalue weighted by molar-refractivity contribution is 6.08. The molecule has 2 unspecified atom stereocenters. The molecule has 1 aromatic heterocycles. The van der Waals surface area contributed by atoms with Gasteiger partial charge in [-0.3, -0.25) is 29.4 Å². The van der Waals surface area contributed by atoms with Crippen LogP contribution in [0.25, 0.3) is 10.9 Å². The SMILES string of the molecule is Cn1nc(N2CCC(=O)NC2=O)c2ccc(C3CCN(CC(=O)OC(=O)C(F)(F)F)CC3F)cc21. The van der Waals surface area contributed by atoms with Crippen molar-refractivity contribution in [1.29, 1.82) is 0 Å². The van der Waals surface area contributed by atoms with Crippen LogP contribution in [0.2, 0.25) is 0 Å². The van der Waals surface area contributed by atoms with Gasteiger partial charge in [-0.2, -0.15) is 18.3 Å². The number of alkyl halides is 4. The molecule has 2 fully saturated rings. The Morgan fingerprint density at radius 2 is 1.97 bits per heavy atom. The number of hydrogen-bond donors (Lipinski definition) is 1. The molecule has 2 aliphatic heterocycles. The summed E-state index contributed by atoms with van der Waals surface area (Å²) in [7, 11) is 1.67. The molecule has 2 aromatic rings. The Morgan fingerprint density at radius 1 is 1.23 bits per heavy atom. The third kappa shape index (κ3) is 5.11. The van der Waals surface area contributed by atoms with Crippen LogP contribution < -0.4 is 10.2 Å². The number of carbonyl (C=O) groups excluding carboxylic acids is 4. The van der Waals surface area contributed by atoms with Crippen molar-refractivity contribution in [3.63, 3.8) is 0 Å². The number of amides is 3. The maximum atomic E-state index is 15.0. The van der Waals surface area contributed by atoms with Crippen molar-refractivity contribution in [1.82, 2.24) is 20.0 Å². The number of fused-ring (bicyclic) bond motifs is 1. The Hall–Kier alpha value is -3.55. The lowest BCUT2D eigenvalue weighted by molar-refractivity contribution is -0.202. The summed E-state index contributed by atoms with van der Waals surface area (Å²) < 4.78 is 57.0. The highest BCUT2D eigenvalue weighted by Gasteiger charge is 2.43. The molecule has 3 heterocycles. The van der Waals surface area contributed by atoms with Crippen LogP contribution in [0.4, 0.5) is 28.2 Å². The molecule has 14 heteroatoms. The smallest absolute Gasteiger partial charge is 0.385 e. The predicted molar refractivity (Wildman–Crippen MR) is 112 cm³/mol. The van der Waals surface area contributed by atoms with Crippen molar-refractivity contribution >= 4 is 40.6 Å². The summed E-state index contributed by atoms with van der Waals surface area (Å²) >= 11 is 0. The Morgan fingerprint density at radius 3 is 2.63 bits per heavy atom. The van der Waals surface area contributed by atoms with Gasteiger partial charge in [-0.05, 0) is 30.7 Å². The van der Waals surface area contributed by atoms with E-state index < -0.39 is 42.8 Å². The number of aromatic nitrogens is 2. The number of rotatable bonds is 4. The lowest BCUT2D eigenvalue weighted by Gasteiger charge is -2.34. The number of imide groups is 1. The first-order valence-electron chi connectivity index (χ1n) is 10.7. The molecule has 188 valence electrons. The molecule has 0 bridgehead atoms. The maximum absolute atomic E-state index is 15.0. The second-order valence-corrected chi connectivity index (χ2v) is 8.38. The maximum Gasteiger partial charge on any atom is 0.491 e. The monoisotopic (exact) mass is 499 g/mol. The van der Waals surface area contributed by atoms with Gasteiger partial charge in [-0.15, -0.1) is 0 Å². The fraction of sp³-hybridized carbons (Fsp3) is 0.476. The number of esters is 2. The highest BCUT2D eigenvalue weighted by Crippen LogP contribution is 2.35. The summed E-state index contributed by atoms with van der Waals surface area (Å²) in [6.45, 7) is -0.478. The van der Waals surface area contributed by atoms with E-state index in [0.29, 0.717) is 22.3 Å². The summed E-state index contributed by atoms with van der Waals surface area (Å²) in [4.78, 5) is 48.7. The van der Waals surface area contributed by atoms with Crippen molar-refractivity contribution in [2.45, 2.75) is 31.1 Å². The molecule has 0 saturated carbocycles. The van der Waals surface area contributed by atoms with E-state index in [1.54, 1.807) is 29.9 Å². The zero-order valence-corrected chi connectivity index (χ0v) is 18.5. The van der Waals surface area contributed by atoms with Gasteiger partial charge in [0.25, 0.3) is 0 Å². The minimum absolute atomic E-state index is 0.141. The second kappa shape index (κ2) is 9.24. The van der Waals surface area contributed by atoms with Gasteiger partial charge in [0.05, 0.1) is 12.1 Å². The Kier molecular flexibility index (Phi) is 6.49. The molecule has 2 aliphatic rings. The van der Waals surface area contributed by atoms with E-state index >= 15 is 4.39 Å². The molecular weight excluding hydrogens is 478 g/mol. The molecule has 0 spiro atoms. The molecule has 10 nitrogen and oxygen atoms in total. The fourth-order valence-corrected chi connectivity index (χ4v) is 4.31. The second-order valence-electron chi connectivity index (χ2n) is 8.38. The largest absolute Gasteiger partial charge is 0.491 e. The molecule has 4 rings (SSSR count). The molecule has 2 saturated heterocycles. The molecule has 35 heavy (non-hydrogen) atoms. The third-order valence-electron chi connectivity index (χ3n) is 6.01. The first-order chi connectivity index (χ1) is 16.4. The number of piperidine rings is 1. The number of urea groups is 1. The number of halogens is 4. The normalized spacial score (nSPS) is 21.8. The van der Waals surface area contributed by atoms with Crippen molar-refractivity contribution in [3.05, 3.63) is 23.8 Å². The van der Waals surface area contributed by atoms with Gasteiger partial charge in [-0.25, -0.2) is 14.0 Å². The molecule has 1 aromatic carbocycles. The van der Waals surface area contributed by atoms with Gasteiger partial charge in [0, 0.05) is 37.9 Å². The first-order valence-corrected chi connectivity index (χ1v) is 10.7. The van der Waals surface area contributed by atoms with Crippen LogP contribution in [0.1, 0.15) is 24.3 Å². The van der Waals surface area contributed by atoms with Gasteiger partial charge in [0.2, 0.25) is 5.91 Å². The van der Waals surface area contributed by atoms with Crippen molar-refractivity contribution < 1.29 is 41.5 Å². The number of carbonyl (C=O) groups is 4. The van der Waals surface area contributed by atoms with Crippen LogP contribution in [0.5, 0.6) is 0 Å². The number of ether oxygens (including phenoxy) is 1. The summed E-state index contributed by atoms with van der Waals surface area (Å²) in [5.74, 6) is -4.54. The zero-order chi connectivity index (χ0) is 25.5. The highest BCUT2D eigenvalue weighted by atomic mass is 19.4. The number of likely N-dealkylation sites (tertiary alicyclic amines) is 1. The molecule has 3 amide bonds. The van der Waals surface area contributed by atoms with E-state index in [9.17, 15) is 32.3 Å². The van der Waals surface area contributed by atoms with Crippen molar-refractivity contribution in [3.8, 4) is 0 Å². The Bertz CT molecular complexity index is 1200. The van der Waals surface area contributed by atoms with Crippen LogP contribution in [-0.4, -0.2) is 77.1 Å². The van der Waals surface area contributed by atoms with Crippen LogP contribution in [0.15, 0.2) is 18.2 Å². The van der Waals surface area contributed by atoms with Crippen LogP contribution in [-0.2, 0) is 26.2 Å². The topological polar surface area (TPSA) is 114 Å². The average molecular weight is 499 g/mol. The predicted octanol–water partition coefficient (Wildman–Crippen LogP) is 1.78. The van der Waals surface area contributed by atoms with E-state index in [4.69, 9.17) is 0 Å². The quantitative estimate of drug-likeness (QED) is 0.388. The lowest BCUT2D eigenvalue weighted by atomic mass is 9.87.